The normalized spacial score (nSPS) is 14.9. The number of hydrogen-bond acceptors (Lipinski definition) is 3. The van der Waals surface area contributed by atoms with Gasteiger partial charge in [0.05, 0.1) is 6.07 Å². The number of alkyl halides is 2. The van der Waals surface area contributed by atoms with Crippen molar-refractivity contribution in [1.82, 2.24) is 5.32 Å². The molecule has 0 aliphatic carbocycles. The molecule has 1 N–H and O–H groups in total. The summed E-state index contributed by atoms with van der Waals surface area (Å²) in [6, 6.07) is 2.49. The van der Waals surface area contributed by atoms with Gasteiger partial charge in [0.15, 0.2) is 0 Å². The minimum absolute atomic E-state index is 0.245. The van der Waals surface area contributed by atoms with Crippen LogP contribution < -0.4 is 5.32 Å². The Morgan fingerprint density at radius 1 is 1.35 bits per heavy atom. The van der Waals surface area contributed by atoms with Crippen molar-refractivity contribution in [2.45, 2.75) is 58.0 Å². The topological polar surface area (TPSA) is 45.0 Å². The van der Waals surface area contributed by atoms with Crippen molar-refractivity contribution in [1.29, 1.82) is 5.26 Å². The van der Waals surface area contributed by atoms with Gasteiger partial charge in [0.2, 0.25) is 0 Å². The molecule has 1 unspecified atom stereocenters. The largest absolute Gasteiger partial charge is 0.376 e. The van der Waals surface area contributed by atoms with Crippen molar-refractivity contribution in [2.24, 2.45) is 0 Å². The van der Waals surface area contributed by atoms with E-state index in [4.69, 9.17) is 10.00 Å². The molecule has 0 fully saturated rings. The number of nitrogens with zero attached hydrogens (tertiary/aromatic N) is 1. The molecule has 0 heterocycles. The van der Waals surface area contributed by atoms with Crippen LogP contribution in [0.2, 0.25) is 0 Å². The maximum absolute atomic E-state index is 11.8. The first-order valence-corrected chi connectivity index (χ1v) is 5.94. The molecule has 5 heteroatoms. The molecule has 0 aromatic rings. The number of unbranched alkanes of at least 4 members (excludes halogenated alkanes) is 1. The van der Waals surface area contributed by atoms with Crippen molar-refractivity contribution < 1.29 is 13.5 Å². The lowest BCUT2D eigenvalue weighted by Gasteiger charge is -2.25. The number of hydrogen-bond donors (Lipinski definition) is 1. The first kappa shape index (κ1) is 16.3. The van der Waals surface area contributed by atoms with Crippen LogP contribution in [0, 0.1) is 11.3 Å². The zero-order chi connectivity index (χ0) is 13.3. The molecular formula is C12H22F2N2O. The molecule has 100 valence electrons. The SMILES string of the molecule is CC(C)NC(C)(C#N)CCCCOCC(F)F. The summed E-state index contributed by atoms with van der Waals surface area (Å²) < 4.78 is 28.3. The average molecular weight is 248 g/mol. The minimum atomic E-state index is -2.40. The highest BCUT2D eigenvalue weighted by Gasteiger charge is 2.23. The molecule has 0 aromatic heterocycles. The maximum atomic E-state index is 11.8. The number of rotatable bonds is 9. The molecule has 0 aliphatic rings. The van der Waals surface area contributed by atoms with E-state index in [1.807, 2.05) is 20.8 Å². The Morgan fingerprint density at radius 2 is 2.00 bits per heavy atom. The third kappa shape index (κ3) is 9.02. The Morgan fingerprint density at radius 3 is 2.47 bits per heavy atom. The number of ether oxygens (including phenoxy) is 1. The van der Waals surface area contributed by atoms with Crippen LogP contribution in [0.5, 0.6) is 0 Å². The number of halogens is 2. The fraction of sp³-hybridized carbons (Fsp3) is 0.917. The monoisotopic (exact) mass is 248 g/mol. The van der Waals surface area contributed by atoms with Gasteiger partial charge in [-0.15, -0.1) is 0 Å². The average Bonchev–Trinajstić information content (AvgIpc) is 2.22. The molecule has 0 aromatic carbocycles. The Bertz CT molecular complexity index is 241. The fourth-order valence-corrected chi connectivity index (χ4v) is 1.65. The molecule has 1 atom stereocenters. The molecule has 0 saturated heterocycles. The van der Waals surface area contributed by atoms with Crippen LogP contribution in [0.15, 0.2) is 0 Å². The van der Waals surface area contributed by atoms with E-state index in [9.17, 15) is 8.78 Å². The van der Waals surface area contributed by atoms with Crippen LogP contribution in [0.1, 0.15) is 40.0 Å². The van der Waals surface area contributed by atoms with Gasteiger partial charge in [-0.3, -0.25) is 5.32 Å². The fourth-order valence-electron chi connectivity index (χ4n) is 1.65. The van der Waals surface area contributed by atoms with Crippen LogP contribution in [0.4, 0.5) is 8.78 Å². The third-order valence-corrected chi connectivity index (χ3v) is 2.31. The predicted octanol–water partition coefficient (Wildman–Crippen LogP) is 2.72. The minimum Gasteiger partial charge on any atom is -0.376 e. The van der Waals surface area contributed by atoms with Crippen molar-refractivity contribution >= 4 is 0 Å². The number of nitriles is 1. The Kier molecular flexibility index (Phi) is 8.01. The van der Waals surface area contributed by atoms with Gasteiger partial charge >= 0.3 is 0 Å². The van der Waals surface area contributed by atoms with E-state index in [-0.39, 0.29) is 6.04 Å². The van der Waals surface area contributed by atoms with Crippen molar-refractivity contribution in [2.75, 3.05) is 13.2 Å². The van der Waals surface area contributed by atoms with Crippen molar-refractivity contribution in [3.63, 3.8) is 0 Å². The van der Waals surface area contributed by atoms with Gasteiger partial charge in [-0.05, 0) is 40.0 Å². The van der Waals surface area contributed by atoms with Gasteiger partial charge in [-0.1, -0.05) is 0 Å². The first-order valence-electron chi connectivity index (χ1n) is 5.94. The predicted molar refractivity (Wildman–Crippen MR) is 63.0 cm³/mol. The van der Waals surface area contributed by atoms with Gasteiger partial charge in [0.1, 0.15) is 12.1 Å². The second kappa shape index (κ2) is 8.37. The molecular weight excluding hydrogens is 226 g/mol. The summed E-state index contributed by atoms with van der Waals surface area (Å²) in [5.74, 6) is 0. The van der Waals surface area contributed by atoms with Gasteiger partial charge < -0.3 is 4.74 Å². The van der Waals surface area contributed by atoms with E-state index >= 15 is 0 Å². The van der Waals surface area contributed by atoms with E-state index in [1.165, 1.54) is 0 Å². The van der Waals surface area contributed by atoms with E-state index in [0.29, 0.717) is 19.4 Å². The zero-order valence-electron chi connectivity index (χ0n) is 10.8. The molecule has 0 rings (SSSR count). The lowest BCUT2D eigenvalue weighted by molar-refractivity contribution is 0.0159. The molecule has 0 spiro atoms. The van der Waals surface area contributed by atoms with E-state index in [2.05, 4.69) is 11.4 Å². The molecule has 0 aliphatic heterocycles. The Balaban J connectivity index is 3.67. The van der Waals surface area contributed by atoms with E-state index < -0.39 is 18.6 Å². The molecule has 0 saturated carbocycles. The van der Waals surface area contributed by atoms with E-state index in [0.717, 1.165) is 6.42 Å². The highest BCUT2D eigenvalue weighted by atomic mass is 19.3. The van der Waals surface area contributed by atoms with Crippen LogP contribution in [-0.4, -0.2) is 31.2 Å². The first-order chi connectivity index (χ1) is 7.89. The summed E-state index contributed by atoms with van der Waals surface area (Å²) in [4.78, 5) is 0. The third-order valence-electron chi connectivity index (χ3n) is 2.31. The van der Waals surface area contributed by atoms with E-state index in [1.54, 1.807) is 0 Å². The summed E-state index contributed by atoms with van der Waals surface area (Å²) in [5.41, 5.74) is -0.545. The lowest BCUT2D eigenvalue weighted by atomic mass is 9.96. The smallest absolute Gasteiger partial charge is 0.261 e. The summed E-state index contributed by atoms with van der Waals surface area (Å²) >= 11 is 0. The molecule has 0 bridgehead atoms. The summed E-state index contributed by atoms with van der Waals surface area (Å²) in [7, 11) is 0. The van der Waals surface area contributed by atoms with Gasteiger partial charge in [0.25, 0.3) is 6.43 Å². The van der Waals surface area contributed by atoms with Gasteiger partial charge in [0, 0.05) is 12.6 Å². The quantitative estimate of drug-likeness (QED) is 0.638. The molecule has 17 heavy (non-hydrogen) atoms. The zero-order valence-corrected chi connectivity index (χ0v) is 10.8. The molecule has 3 nitrogen and oxygen atoms in total. The highest BCUT2D eigenvalue weighted by molar-refractivity contribution is 5.04. The Labute approximate surface area is 102 Å². The molecule has 0 radical (unpaired) electrons. The van der Waals surface area contributed by atoms with Crippen LogP contribution >= 0.6 is 0 Å². The standard InChI is InChI=1S/C12H22F2N2O/c1-10(2)16-12(3,9-15)6-4-5-7-17-8-11(13)14/h10-11,16H,4-8H2,1-3H3. The second-order valence-corrected chi connectivity index (χ2v) is 4.67. The summed E-state index contributed by atoms with van der Waals surface area (Å²) in [6.45, 7) is 5.66. The highest BCUT2D eigenvalue weighted by Crippen LogP contribution is 2.14. The van der Waals surface area contributed by atoms with Crippen LogP contribution in [-0.2, 0) is 4.74 Å². The van der Waals surface area contributed by atoms with Crippen LogP contribution in [0.25, 0.3) is 0 Å². The molecule has 0 amide bonds. The second-order valence-electron chi connectivity index (χ2n) is 4.67. The lowest BCUT2D eigenvalue weighted by Crippen LogP contribution is -2.44. The summed E-state index contributed by atoms with van der Waals surface area (Å²) in [5, 5.41) is 12.3. The summed E-state index contributed by atoms with van der Waals surface area (Å²) in [6.07, 6.45) is -0.224. The Hall–Kier alpha value is -0.730. The van der Waals surface area contributed by atoms with Crippen molar-refractivity contribution in [3.05, 3.63) is 0 Å². The number of nitrogens with one attached hydrogen (secondary N) is 1. The maximum Gasteiger partial charge on any atom is 0.261 e. The van der Waals surface area contributed by atoms with Gasteiger partial charge in [-0.2, -0.15) is 5.26 Å². The van der Waals surface area contributed by atoms with Gasteiger partial charge in [-0.25, -0.2) is 8.78 Å². The van der Waals surface area contributed by atoms with Crippen LogP contribution in [0.3, 0.4) is 0 Å². The van der Waals surface area contributed by atoms with Crippen molar-refractivity contribution in [3.8, 4) is 6.07 Å².